The first-order valence-corrected chi connectivity index (χ1v) is 12.1. The molecule has 1 N–H and O–H groups in total. The molecule has 32 heavy (non-hydrogen) atoms. The van der Waals surface area contributed by atoms with Crippen LogP contribution in [0.25, 0.3) is 11.1 Å². The summed E-state index contributed by atoms with van der Waals surface area (Å²) < 4.78 is 83.8. The van der Waals surface area contributed by atoms with Crippen LogP contribution in [-0.4, -0.2) is 50.3 Å². The first kappa shape index (κ1) is 22.7. The fraction of sp³-hybridized carbons (Fsp3) is 0.409. The summed E-state index contributed by atoms with van der Waals surface area (Å²) in [7, 11) is -3.80. The van der Waals surface area contributed by atoms with Gasteiger partial charge in [-0.2, -0.15) is 0 Å². The summed E-state index contributed by atoms with van der Waals surface area (Å²) in [5.74, 6) is -2.91. The van der Waals surface area contributed by atoms with Crippen molar-refractivity contribution in [3.05, 3.63) is 59.4 Å². The molecule has 1 heterocycles. The number of hydrogen-bond acceptors (Lipinski definition) is 3. The van der Waals surface area contributed by atoms with Gasteiger partial charge in [-0.05, 0) is 43.0 Å². The molecular weight excluding hydrogens is 448 g/mol. The monoisotopic (exact) mass is 470 g/mol. The predicted octanol–water partition coefficient (Wildman–Crippen LogP) is 3.19. The Morgan fingerprint density at radius 2 is 1.84 bits per heavy atom. The number of carbonyl (C=O) groups excluding carboxylic acids is 1. The summed E-state index contributed by atoms with van der Waals surface area (Å²) in [4.78, 5) is 14.0. The average molecular weight is 470 g/mol. The molecule has 0 aromatic heterocycles. The van der Waals surface area contributed by atoms with Gasteiger partial charge in [0.25, 0.3) is 0 Å². The van der Waals surface area contributed by atoms with Crippen LogP contribution in [0.5, 0.6) is 0 Å². The van der Waals surface area contributed by atoms with Gasteiger partial charge in [0.05, 0.1) is 24.9 Å². The molecule has 0 spiro atoms. The van der Waals surface area contributed by atoms with Crippen LogP contribution < -0.4 is 4.72 Å². The Bertz CT molecular complexity index is 1150. The maximum Gasteiger partial charge on any atom is 0.226 e. The van der Waals surface area contributed by atoms with Crippen LogP contribution in [0.2, 0.25) is 0 Å². The van der Waals surface area contributed by atoms with E-state index in [4.69, 9.17) is 0 Å². The molecule has 0 unspecified atom stereocenters. The Morgan fingerprint density at radius 3 is 2.50 bits per heavy atom. The zero-order valence-corrected chi connectivity index (χ0v) is 18.0. The topological polar surface area (TPSA) is 66.5 Å². The zero-order valence-electron chi connectivity index (χ0n) is 17.2. The Kier molecular flexibility index (Phi) is 6.02. The van der Waals surface area contributed by atoms with E-state index in [0.29, 0.717) is 12.8 Å². The van der Waals surface area contributed by atoms with Crippen LogP contribution >= 0.6 is 0 Å². The molecule has 0 radical (unpaired) electrons. The van der Waals surface area contributed by atoms with Gasteiger partial charge >= 0.3 is 0 Å². The number of likely N-dealkylation sites (tertiary alicyclic amines) is 1. The van der Waals surface area contributed by atoms with Gasteiger partial charge in [0, 0.05) is 17.0 Å². The second-order valence-corrected chi connectivity index (χ2v) is 10.2. The molecule has 1 amide bonds. The molecule has 5 nitrogen and oxygen atoms in total. The number of nitrogens with one attached hydrogen (secondary N) is 1. The first-order chi connectivity index (χ1) is 15.0. The Labute approximate surface area is 183 Å². The van der Waals surface area contributed by atoms with Gasteiger partial charge in [-0.1, -0.05) is 18.2 Å². The number of sulfonamides is 1. The Morgan fingerprint density at radius 1 is 1.12 bits per heavy atom. The summed E-state index contributed by atoms with van der Waals surface area (Å²) in [6.07, 6.45) is 0.376. The van der Waals surface area contributed by atoms with Crippen molar-refractivity contribution >= 4 is 15.9 Å². The van der Waals surface area contributed by atoms with Crippen LogP contribution in [0.4, 0.5) is 17.6 Å². The van der Waals surface area contributed by atoms with Gasteiger partial charge < -0.3 is 4.90 Å². The van der Waals surface area contributed by atoms with Gasteiger partial charge in [-0.15, -0.1) is 0 Å². The van der Waals surface area contributed by atoms with Crippen LogP contribution in [0.1, 0.15) is 18.4 Å². The maximum absolute atomic E-state index is 15.4. The number of hydrogen-bond donors (Lipinski definition) is 1. The minimum Gasteiger partial charge on any atom is -0.334 e. The Hall–Kier alpha value is -2.46. The van der Waals surface area contributed by atoms with Crippen molar-refractivity contribution < 1.29 is 30.8 Å². The minimum absolute atomic E-state index is 0.0409. The third-order valence-corrected chi connectivity index (χ3v) is 6.56. The summed E-state index contributed by atoms with van der Waals surface area (Å²) >= 11 is 0. The lowest BCUT2D eigenvalue weighted by molar-refractivity contribution is -0.133. The van der Waals surface area contributed by atoms with E-state index in [1.165, 1.54) is 23.1 Å². The molecule has 2 aromatic carbocycles. The second-order valence-electron chi connectivity index (χ2n) is 8.37. The third kappa shape index (κ3) is 4.66. The van der Waals surface area contributed by atoms with Crippen molar-refractivity contribution in [2.75, 3.05) is 12.8 Å². The molecule has 1 saturated carbocycles. The summed E-state index contributed by atoms with van der Waals surface area (Å²) in [5, 5.41) is 0. The fourth-order valence-corrected chi connectivity index (χ4v) is 5.00. The van der Waals surface area contributed by atoms with E-state index in [1.54, 1.807) is 0 Å². The SMILES string of the molecule is CS(=O)(=O)N[C@H]1[C@@H](F)CN(C(=O)C2CC2)[C@H]1Cc1cccc(-c2cc(F)ccc2F)c1F. The van der Waals surface area contributed by atoms with Crippen LogP contribution in [-0.2, 0) is 21.2 Å². The van der Waals surface area contributed by atoms with Crippen LogP contribution in [0.3, 0.4) is 0 Å². The lowest BCUT2D eigenvalue weighted by Gasteiger charge is -2.28. The number of carbonyl (C=O) groups is 1. The summed E-state index contributed by atoms with van der Waals surface area (Å²) in [6, 6.07) is 4.62. The second kappa shape index (κ2) is 8.47. The van der Waals surface area contributed by atoms with Crippen molar-refractivity contribution in [3.63, 3.8) is 0 Å². The molecular formula is C22H22F4N2O3S. The van der Waals surface area contributed by atoms with Crippen molar-refractivity contribution in [3.8, 4) is 11.1 Å². The lowest BCUT2D eigenvalue weighted by atomic mass is 9.95. The van der Waals surface area contributed by atoms with Gasteiger partial charge in [0.15, 0.2) is 0 Å². The summed E-state index contributed by atoms with van der Waals surface area (Å²) in [6.45, 7) is -0.299. The van der Waals surface area contributed by atoms with Crippen LogP contribution in [0.15, 0.2) is 36.4 Å². The average Bonchev–Trinajstić information content (AvgIpc) is 3.52. The number of benzene rings is 2. The summed E-state index contributed by atoms with van der Waals surface area (Å²) in [5.41, 5.74) is -0.406. The zero-order chi connectivity index (χ0) is 23.2. The highest BCUT2D eigenvalue weighted by Crippen LogP contribution is 2.36. The molecule has 10 heteroatoms. The maximum atomic E-state index is 15.4. The highest BCUT2D eigenvalue weighted by atomic mass is 32.2. The smallest absolute Gasteiger partial charge is 0.226 e. The number of amides is 1. The third-order valence-electron chi connectivity index (χ3n) is 5.86. The van der Waals surface area contributed by atoms with E-state index in [2.05, 4.69) is 4.72 Å². The van der Waals surface area contributed by atoms with Crippen molar-refractivity contribution in [1.29, 1.82) is 0 Å². The van der Waals surface area contributed by atoms with Gasteiger partial charge in [0.2, 0.25) is 15.9 Å². The number of alkyl halides is 1. The molecule has 1 saturated heterocycles. The molecule has 0 bridgehead atoms. The lowest BCUT2D eigenvalue weighted by Crippen LogP contribution is -2.49. The first-order valence-electron chi connectivity index (χ1n) is 10.2. The van der Waals surface area contributed by atoms with Gasteiger partial charge in [0.1, 0.15) is 23.6 Å². The standard InChI is InChI=1S/C22H22F4N2O3S/c1-32(30,31)27-21-18(25)11-28(22(29)12-5-6-12)19(21)9-13-3-2-4-15(20(13)26)16-10-14(23)7-8-17(16)24/h2-4,7-8,10,12,18-19,21,27H,5-6,9,11H2,1H3/t18-,19-,21-/m0/s1. The van der Waals surface area contributed by atoms with E-state index in [0.717, 1.165) is 24.5 Å². The van der Waals surface area contributed by atoms with Crippen LogP contribution in [0, 0.1) is 23.4 Å². The highest BCUT2D eigenvalue weighted by Gasteiger charge is 2.48. The molecule has 1 aliphatic heterocycles. The molecule has 3 atom stereocenters. The van der Waals surface area contributed by atoms with Gasteiger partial charge in [-0.3, -0.25) is 4.79 Å². The fourth-order valence-electron chi connectivity index (χ4n) is 4.20. The highest BCUT2D eigenvalue weighted by molar-refractivity contribution is 7.88. The molecule has 2 aromatic rings. The van der Waals surface area contributed by atoms with E-state index in [1.807, 2.05) is 0 Å². The molecule has 4 rings (SSSR count). The minimum atomic E-state index is -3.80. The number of halogens is 4. The Balaban J connectivity index is 1.71. The predicted molar refractivity (Wildman–Crippen MR) is 110 cm³/mol. The quantitative estimate of drug-likeness (QED) is 0.660. The molecule has 1 aliphatic carbocycles. The van der Waals surface area contributed by atoms with E-state index in [9.17, 15) is 26.4 Å². The largest absolute Gasteiger partial charge is 0.334 e. The normalized spacial score (nSPS) is 23.5. The van der Waals surface area contributed by atoms with E-state index in [-0.39, 0.29) is 41.5 Å². The van der Waals surface area contributed by atoms with E-state index < -0.39 is 45.7 Å². The molecule has 172 valence electrons. The number of nitrogens with zero attached hydrogens (tertiary/aromatic N) is 1. The van der Waals surface area contributed by atoms with Gasteiger partial charge in [-0.25, -0.2) is 30.7 Å². The number of rotatable bonds is 6. The van der Waals surface area contributed by atoms with Crippen molar-refractivity contribution in [2.24, 2.45) is 5.92 Å². The van der Waals surface area contributed by atoms with E-state index >= 15 is 4.39 Å². The molecule has 2 fully saturated rings. The van der Waals surface area contributed by atoms with Crippen molar-refractivity contribution in [1.82, 2.24) is 9.62 Å². The van der Waals surface area contributed by atoms with Crippen molar-refractivity contribution in [2.45, 2.75) is 37.5 Å². The molecule has 2 aliphatic rings.